The maximum atomic E-state index is 14.7. The minimum Gasteiger partial charge on any atom is -0.449 e. The molecule has 8 nitrogen and oxygen atoms in total. The summed E-state index contributed by atoms with van der Waals surface area (Å²) in [6.07, 6.45) is -0.906. The van der Waals surface area contributed by atoms with E-state index >= 15 is 0 Å². The van der Waals surface area contributed by atoms with Gasteiger partial charge in [0.05, 0.1) is 22.1 Å². The van der Waals surface area contributed by atoms with Crippen LogP contribution in [-0.4, -0.2) is 40.4 Å². The number of ether oxygens (including phenoxy) is 1. The van der Waals surface area contributed by atoms with Gasteiger partial charge >= 0.3 is 13.4 Å². The van der Waals surface area contributed by atoms with Crippen LogP contribution in [0.2, 0.25) is 5.02 Å². The lowest BCUT2D eigenvalue weighted by atomic mass is 10.1. The maximum absolute atomic E-state index is 14.7. The van der Waals surface area contributed by atoms with Crippen LogP contribution in [0.3, 0.4) is 0 Å². The van der Waals surface area contributed by atoms with E-state index in [4.69, 9.17) is 20.9 Å². The molecule has 2 aromatic carbocycles. The fraction of sp³-hybridized carbons (Fsp3) is 0.333. The zero-order chi connectivity index (χ0) is 20.8. The molecule has 2 aliphatic rings. The second-order valence-electron chi connectivity index (χ2n) is 6.78. The molecule has 2 fully saturated rings. The molecule has 0 radical (unpaired) electrons. The number of nitrogens with zero attached hydrogens (tertiary/aromatic N) is 3. The van der Waals surface area contributed by atoms with E-state index in [1.54, 1.807) is 40.5 Å². The molecular formula is C18H18ClFN3O5P. The van der Waals surface area contributed by atoms with E-state index in [2.05, 4.69) is 0 Å². The van der Waals surface area contributed by atoms with Crippen molar-refractivity contribution in [2.45, 2.75) is 13.0 Å². The Morgan fingerprint density at radius 2 is 1.79 bits per heavy atom. The normalized spacial score (nSPS) is 17.8. The van der Waals surface area contributed by atoms with Crippen molar-refractivity contribution >= 4 is 25.0 Å². The molecule has 0 N–H and O–H groups in total. The molecule has 2 heterocycles. The molecule has 0 saturated carbocycles. The molecule has 154 valence electrons. The van der Waals surface area contributed by atoms with Gasteiger partial charge in [0.15, 0.2) is 0 Å². The molecule has 0 amide bonds. The standard InChI is InChI=1S/C18H18ClFN3O5P/c1-12(28-29(26,21-6-7-21)22-8-9-22)13-10-18(16(23(24)25)11-15(13)20)27-17-5-3-2-4-14(17)19/h2-5,10-12H,6-9H2,1H3. The first-order valence-electron chi connectivity index (χ1n) is 8.99. The van der Waals surface area contributed by atoms with E-state index in [-0.39, 0.29) is 22.1 Å². The smallest absolute Gasteiger partial charge is 0.346 e. The van der Waals surface area contributed by atoms with Crippen molar-refractivity contribution in [1.82, 2.24) is 9.34 Å². The molecule has 0 spiro atoms. The van der Waals surface area contributed by atoms with Gasteiger partial charge in [0, 0.05) is 31.7 Å². The van der Waals surface area contributed by atoms with Crippen LogP contribution in [0.4, 0.5) is 10.1 Å². The van der Waals surface area contributed by atoms with Crippen LogP contribution in [0.5, 0.6) is 11.5 Å². The van der Waals surface area contributed by atoms with Gasteiger partial charge < -0.3 is 4.74 Å². The highest BCUT2D eigenvalue weighted by molar-refractivity contribution is 7.54. The Hall–Kier alpha value is -2.03. The number of para-hydroxylation sites is 1. The predicted octanol–water partition coefficient (Wildman–Crippen LogP) is 5.00. The average molecular weight is 442 g/mol. The summed E-state index contributed by atoms with van der Waals surface area (Å²) in [5.41, 5.74) is -0.528. The van der Waals surface area contributed by atoms with Crippen LogP contribution in [0.15, 0.2) is 36.4 Å². The molecule has 0 bridgehead atoms. The lowest BCUT2D eigenvalue weighted by Gasteiger charge is -2.24. The topological polar surface area (TPSA) is 84.7 Å². The Labute approximate surface area is 171 Å². The van der Waals surface area contributed by atoms with E-state index in [0.29, 0.717) is 26.2 Å². The Morgan fingerprint density at radius 3 is 2.34 bits per heavy atom. The summed E-state index contributed by atoms with van der Waals surface area (Å²) in [4.78, 5) is 10.7. The third kappa shape index (κ3) is 4.15. The van der Waals surface area contributed by atoms with Gasteiger partial charge in [-0.3, -0.25) is 19.2 Å². The van der Waals surface area contributed by atoms with Crippen LogP contribution >= 0.6 is 19.3 Å². The van der Waals surface area contributed by atoms with Crippen molar-refractivity contribution < 1.29 is 23.1 Å². The molecule has 4 rings (SSSR count). The molecule has 29 heavy (non-hydrogen) atoms. The minimum atomic E-state index is -3.20. The largest absolute Gasteiger partial charge is 0.449 e. The predicted molar refractivity (Wildman–Crippen MR) is 105 cm³/mol. The van der Waals surface area contributed by atoms with Gasteiger partial charge in [0.2, 0.25) is 5.75 Å². The third-order valence-electron chi connectivity index (χ3n) is 4.63. The fourth-order valence-electron chi connectivity index (χ4n) is 2.91. The molecule has 0 aromatic heterocycles. The van der Waals surface area contributed by atoms with E-state index in [1.807, 2.05) is 0 Å². The van der Waals surface area contributed by atoms with Gasteiger partial charge in [0.25, 0.3) is 0 Å². The first-order chi connectivity index (χ1) is 13.8. The van der Waals surface area contributed by atoms with E-state index < -0.39 is 30.2 Å². The quantitative estimate of drug-likeness (QED) is 0.247. The van der Waals surface area contributed by atoms with Gasteiger partial charge in [0.1, 0.15) is 11.6 Å². The Morgan fingerprint density at radius 1 is 1.17 bits per heavy atom. The first kappa shape index (κ1) is 20.3. The number of nitro benzene ring substituents is 1. The van der Waals surface area contributed by atoms with Gasteiger partial charge in [-0.15, -0.1) is 0 Å². The summed E-state index contributed by atoms with van der Waals surface area (Å²) in [5, 5.41) is 11.6. The number of hydrogen-bond donors (Lipinski definition) is 0. The fourth-order valence-corrected chi connectivity index (χ4v) is 5.42. The molecule has 2 aromatic rings. The zero-order valence-corrected chi connectivity index (χ0v) is 17.1. The highest BCUT2D eigenvalue weighted by Crippen LogP contribution is 2.63. The van der Waals surface area contributed by atoms with Crippen molar-refractivity contribution in [3.63, 3.8) is 0 Å². The van der Waals surface area contributed by atoms with Crippen LogP contribution < -0.4 is 4.74 Å². The summed E-state index contributed by atoms with van der Waals surface area (Å²) in [7, 11) is -3.20. The van der Waals surface area contributed by atoms with Gasteiger partial charge in [-0.1, -0.05) is 23.7 Å². The van der Waals surface area contributed by atoms with E-state index in [9.17, 15) is 19.1 Å². The monoisotopic (exact) mass is 441 g/mol. The Balaban J connectivity index is 1.67. The van der Waals surface area contributed by atoms with Gasteiger partial charge in [-0.2, -0.15) is 0 Å². The van der Waals surface area contributed by atoms with Crippen molar-refractivity contribution in [3.8, 4) is 11.5 Å². The minimum absolute atomic E-state index is 0.0154. The van der Waals surface area contributed by atoms with Crippen molar-refractivity contribution in [1.29, 1.82) is 0 Å². The third-order valence-corrected chi connectivity index (χ3v) is 7.76. The van der Waals surface area contributed by atoms with E-state index in [0.717, 1.165) is 6.07 Å². The Kier molecular flexibility index (Phi) is 5.35. The van der Waals surface area contributed by atoms with Crippen LogP contribution in [0, 0.1) is 15.9 Å². The SMILES string of the molecule is CC(OP(=O)(N1CC1)N1CC1)c1cc(Oc2ccccc2Cl)c([N+](=O)[O-])cc1F. The summed E-state index contributed by atoms with van der Waals surface area (Å²) >= 11 is 6.07. The van der Waals surface area contributed by atoms with Gasteiger partial charge in [-0.05, 0) is 25.1 Å². The van der Waals surface area contributed by atoms with E-state index in [1.165, 1.54) is 6.07 Å². The molecule has 0 aliphatic carbocycles. The van der Waals surface area contributed by atoms with Crippen LogP contribution in [0.25, 0.3) is 0 Å². The summed E-state index contributed by atoms with van der Waals surface area (Å²) in [5.74, 6) is -0.815. The lowest BCUT2D eigenvalue weighted by Crippen LogP contribution is -2.12. The highest BCUT2D eigenvalue weighted by Gasteiger charge is 2.50. The average Bonchev–Trinajstić information content (AvgIpc) is 3.56. The number of nitro groups is 1. The Bertz CT molecular complexity index is 999. The summed E-state index contributed by atoms with van der Waals surface area (Å²) < 4.78 is 42.7. The summed E-state index contributed by atoms with van der Waals surface area (Å²) in [6, 6.07) is 8.45. The zero-order valence-electron chi connectivity index (χ0n) is 15.5. The van der Waals surface area contributed by atoms with Crippen molar-refractivity contribution in [2.24, 2.45) is 0 Å². The highest BCUT2D eigenvalue weighted by atomic mass is 35.5. The molecule has 11 heteroatoms. The molecule has 2 saturated heterocycles. The van der Waals surface area contributed by atoms with Crippen LogP contribution in [-0.2, 0) is 9.09 Å². The van der Waals surface area contributed by atoms with Crippen LogP contribution in [0.1, 0.15) is 18.6 Å². The number of benzene rings is 2. The molecule has 1 atom stereocenters. The van der Waals surface area contributed by atoms with Gasteiger partial charge in [-0.25, -0.2) is 13.7 Å². The second-order valence-corrected chi connectivity index (χ2v) is 9.51. The summed E-state index contributed by atoms with van der Waals surface area (Å²) in [6.45, 7) is 4.19. The maximum Gasteiger partial charge on any atom is 0.346 e. The molecule has 2 aliphatic heterocycles. The lowest BCUT2D eigenvalue weighted by molar-refractivity contribution is -0.385. The number of halogens is 2. The molecular weight excluding hydrogens is 424 g/mol. The van der Waals surface area contributed by atoms with Crippen molar-refractivity contribution in [2.75, 3.05) is 26.2 Å². The second kappa shape index (κ2) is 7.66. The first-order valence-corrected chi connectivity index (χ1v) is 10.9. The van der Waals surface area contributed by atoms with Crippen molar-refractivity contribution in [3.05, 3.63) is 62.9 Å². The molecule has 1 unspecified atom stereocenters. The number of rotatable bonds is 8. The number of hydrogen-bond acceptors (Lipinski definition) is 5.